The topological polar surface area (TPSA) is 118 Å². The highest BCUT2D eigenvalue weighted by Crippen LogP contribution is 2.26. The van der Waals surface area contributed by atoms with Gasteiger partial charge < -0.3 is 10.1 Å². The van der Waals surface area contributed by atoms with Crippen LogP contribution in [0.15, 0.2) is 35.7 Å². The highest BCUT2D eigenvalue weighted by Gasteiger charge is 2.28. The number of anilines is 1. The number of carbonyl (C=O) groups excluding carboxylic acids is 4. The van der Waals surface area contributed by atoms with Gasteiger partial charge in [-0.3, -0.25) is 24.6 Å². The molecule has 3 rings (SSSR count). The van der Waals surface area contributed by atoms with Gasteiger partial charge in [-0.25, -0.2) is 9.78 Å². The number of nitrogens with one attached hydrogen (secondary N) is 2. The van der Waals surface area contributed by atoms with E-state index in [0.717, 1.165) is 6.42 Å². The molecule has 158 valence electrons. The van der Waals surface area contributed by atoms with Gasteiger partial charge in [0, 0.05) is 30.5 Å². The van der Waals surface area contributed by atoms with Crippen LogP contribution in [-0.4, -0.2) is 41.9 Å². The molecule has 4 amide bonds. The maximum atomic E-state index is 12.5. The van der Waals surface area contributed by atoms with Crippen LogP contribution in [0, 0.1) is 0 Å². The van der Waals surface area contributed by atoms with Crippen molar-refractivity contribution in [2.24, 2.45) is 0 Å². The highest BCUT2D eigenvalue weighted by molar-refractivity contribution is 7.14. The molecule has 10 heteroatoms. The summed E-state index contributed by atoms with van der Waals surface area (Å²) in [4.78, 5) is 54.5. The molecule has 0 bridgehead atoms. The summed E-state index contributed by atoms with van der Waals surface area (Å²) >= 11 is 1.28. The van der Waals surface area contributed by atoms with E-state index in [1.165, 1.54) is 11.3 Å². The Kier molecular flexibility index (Phi) is 7.12. The first-order valence-electron chi connectivity index (χ1n) is 9.55. The van der Waals surface area contributed by atoms with E-state index in [1.54, 1.807) is 47.5 Å². The third kappa shape index (κ3) is 5.41. The van der Waals surface area contributed by atoms with Gasteiger partial charge in [0.2, 0.25) is 12.0 Å². The Hall–Kier alpha value is -3.27. The third-order valence-corrected chi connectivity index (χ3v) is 5.25. The molecule has 1 aromatic carbocycles. The van der Waals surface area contributed by atoms with Crippen molar-refractivity contribution in [1.29, 1.82) is 0 Å². The average Bonchev–Trinajstić information content (AvgIpc) is 3.35. The molecule has 1 aliphatic rings. The lowest BCUT2D eigenvalue weighted by molar-refractivity contribution is -0.155. The average molecular weight is 430 g/mol. The number of imide groups is 1. The minimum atomic E-state index is -1.28. The Balaban J connectivity index is 1.67. The molecule has 0 aliphatic carbocycles. The van der Waals surface area contributed by atoms with Gasteiger partial charge in [-0.05, 0) is 13.3 Å². The maximum Gasteiger partial charge on any atom is 0.321 e. The molecular weight excluding hydrogens is 408 g/mol. The first-order valence-corrected chi connectivity index (χ1v) is 10.4. The third-order valence-electron chi connectivity index (χ3n) is 4.33. The van der Waals surface area contributed by atoms with E-state index >= 15 is 0 Å². The van der Waals surface area contributed by atoms with E-state index in [4.69, 9.17) is 4.74 Å². The van der Waals surface area contributed by atoms with Crippen LogP contribution in [0.5, 0.6) is 0 Å². The molecule has 2 heterocycles. The lowest BCUT2D eigenvalue weighted by Gasteiger charge is -2.17. The van der Waals surface area contributed by atoms with Gasteiger partial charge in [0.25, 0.3) is 5.91 Å². The number of thiazole rings is 1. The molecular formula is C20H22N4O5S. The van der Waals surface area contributed by atoms with E-state index < -0.39 is 24.0 Å². The molecule has 0 radical (unpaired) electrons. The van der Waals surface area contributed by atoms with Crippen LogP contribution in [0.1, 0.15) is 37.1 Å². The number of hydrogen-bond donors (Lipinski definition) is 2. The summed E-state index contributed by atoms with van der Waals surface area (Å²) in [6.07, 6.45) is -0.151. The summed E-state index contributed by atoms with van der Waals surface area (Å²) in [6.45, 7) is 2.68. The lowest BCUT2D eigenvalue weighted by atomic mass is 10.1. The van der Waals surface area contributed by atoms with E-state index in [1.807, 2.05) is 0 Å². The number of aromatic nitrogens is 1. The minimum absolute atomic E-state index is 0.0182. The number of rotatable bonds is 7. The molecule has 1 fully saturated rings. The Morgan fingerprint density at radius 1 is 1.27 bits per heavy atom. The summed E-state index contributed by atoms with van der Waals surface area (Å²) in [5.74, 6) is -1.40. The molecule has 1 unspecified atom stereocenters. The molecule has 2 aromatic rings. The van der Waals surface area contributed by atoms with Crippen molar-refractivity contribution in [3.8, 4) is 0 Å². The van der Waals surface area contributed by atoms with Crippen molar-refractivity contribution in [3.63, 3.8) is 0 Å². The van der Waals surface area contributed by atoms with Crippen LogP contribution in [0.4, 0.5) is 9.93 Å². The summed E-state index contributed by atoms with van der Waals surface area (Å²) in [5, 5.41) is 6.87. The first-order chi connectivity index (χ1) is 14.5. The number of hydrogen-bond acceptors (Lipinski definition) is 7. The molecule has 9 nitrogen and oxygen atoms in total. The molecule has 1 atom stereocenters. The second-order valence-electron chi connectivity index (χ2n) is 6.58. The van der Waals surface area contributed by atoms with Gasteiger partial charge >= 0.3 is 12.0 Å². The van der Waals surface area contributed by atoms with Gasteiger partial charge in [-0.2, -0.15) is 0 Å². The SMILES string of the molecule is CCNC(=O)NC(=O)C(OC(=O)Cc1csc(N2CCCC2=O)n1)c1ccccc1. The fourth-order valence-electron chi connectivity index (χ4n) is 2.96. The van der Waals surface area contributed by atoms with Crippen molar-refractivity contribution in [2.45, 2.75) is 32.3 Å². The summed E-state index contributed by atoms with van der Waals surface area (Å²) < 4.78 is 5.39. The quantitative estimate of drug-likeness (QED) is 0.648. The Morgan fingerprint density at radius 3 is 2.70 bits per heavy atom. The van der Waals surface area contributed by atoms with Crippen molar-refractivity contribution >= 4 is 40.3 Å². The fourth-order valence-corrected chi connectivity index (χ4v) is 3.82. The molecule has 0 saturated carbocycles. The van der Waals surface area contributed by atoms with Gasteiger partial charge in [0.15, 0.2) is 5.13 Å². The van der Waals surface area contributed by atoms with Crippen molar-refractivity contribution in [2.75, 3.05) is 18.0 Å². The van der Waals surface area contributed by atoms with E-state index in [0.29, 0.717) is 35.9 Å². The van der Waals surface area contributed by atoms with Crippen molar-refractivity contribution in [3.05, 3.63) is 47.0 Å². The van der Waals surface area contributed by atoms with Crippen LogP contribution in [-0.2, 0) is 25.5 Å². The van der Waals surface area contributed by atoms with Crippen LogP contribution >= 0.6 is 11.3 Å². The number of amides is 4. The molecule has 2 N–H and O–H groups in total. The van der Waals surface area contributed by atoms with Gasteiger partial charge in [0.05, 0.1) is 12.1 Å². The maximum absolute atomic E-state index is 12.5. The molecule has 0 spiro atoms. The second-order valence-corrected chi connectivity index (χ2v) is 7.41. The zero-order valence-electron chi connectivity index (χ0n) is 16.4. The number of carbonyl (C=O) groups is 4. The Morgan fingerprint density at radius 2 is 2.03 bits per heavy atom. The largest absolute Gasteiger partial charge is 0.447 e. The lowest BCUT2D eigenvalue weighted by Crippen LogP contribution is -2.42. The number of urea groups is 1. The van der Waals surface area contributed by atoms with Crippen molar-refractivity contribution < 1.29 is 23.9 Å². The molecule has 1 aliphatic heterocycles. The summed E-state index contributed by atoms with van der Waals surface area (Å²) in [7, 11) is 0. The van der Waals surface area contributed by atoms with Crippen LogP contribution in [0.3, 0.4) is 0 Å². The molecule has 30 heavy (non-hydrogen) atoms. The number of esters is 1. The standard InChI is InChI=1S/C20H22N4O5S/c1-2-21-19(28)23-18(27)17(13-7-4-3-5-8-13)29-16(26)11-14-12-30-20(22-14)24-10-6-9-15(24)25/h3-5,7-8,12,17H,2,6,9-11H2,1H3,(H2,21,23,27,28). The number of benzene rings is 1. The van der Waals surface area contributed by atoms with E-state index in [2.05, 4.69) is 15.6 Å². The van der Waals surface area contributed by atoms with Gasteiger partial charge in [0.1, 0.15) is 0 Å². The predicted octanol–water partition coefficient (Wildman–Crippen LogP) is 1.94. The summed E-state index contributed by atoms with van der Waals surface area (Å²) in [6, 6.07) is 7.77. The van der Waals surface area contributed by atoms with Crippen LogP contribution in [0.25, 0.3) is 0 Å². The zero-order valence-corrected chi connectivity index (χ0v) is 17.2. The zero-order chi connectivity index (χ0) is 21.5. The van der Waals surface area contributed by atoms with Gasteiger partial charge in [-0.1, -0.05) is 30.3 Å². The fraction of sp³-hybridized carbons (Fsp3) is 0.350. The van der Waals surface area contributed by atoms with E-state index in [9.17, 15) is 19.2 Å². The Bertz CT molecular complexity index is 930. The monoisotopic (exact) mass is 430 g/mol. The first kappa shape index (κ1) is 21.4. The highest BCUT2D eigenvalue weighted by atomic mass is 32.1. The smallest absolute Gasteiger partial charge is 0.321 e. The second kappa shape index (κ2) is 9.97. The predicted molar refractivity (Wildman–Crippen MR) is 110 cm³/mol. The normalized spacial score (nSPS) is 14.3. The molecule has 1 aromatic heterocycles. The van der Waals surface area contributed by atoms with E-state index in [-0.39, 0.29) is 12.3 Å². The Labute approximate surface area is 177 Å². The number of ether oxygens (including phenoxy) is 1. The minimum Gasteiger partial charge on any atom is -0.447 e. The number of nitrogens with zero attached hydrogens (tertiary/aromatic N) is 2. The molecule has 1 saturated heterocycles. The van der Waals surface area contributed by atoms with Crippen molar-refractivity contribution in [1.82, 2.24) is 15.6 Å². The van der Waals surface area contributed by atoms with Crippen LogP contribution < -0.4 is 15.5 Å². The van der Waals surface area contributed by atoms with Gasteiger partial charge in [-0.15, -0.1) is 11.3 Å². The van der Waals surface area contributed by atoms with Crippen LogP contribution in [0.2, 0.25) is 0 Å². The summed E-state index contributed by atoms with van der Waals surface area (Å²) in [5.41, 5.74) is 0.893.